The first-order chi connectivity index (χ1) is 13.7. The van der Waals surface area contributed by atoms with Gasteiger partial charge in [0.15, 0.2) is 0 Å². The molecule has 2 aromatic rings. The van der Waals surface area contributed by atoms with Gasteiger partial charge in [0.25, 0.3) is 5.91 Å². The second-order valence-corrected chi connectivity index (χ2v) is 9.03. The average molecular weight is 416 g/mol. The summed E-state index contributed by atoms with van der Waals surface area (Å²) >= 11 is 0. The average Bonchev–Trinajstić information content (AvgIpc) is 3.16. The maximum Gasteiger partial charge on any atom is 0.255 e. The zero-order valence-corrected chi connectivity index (χ0v) is 17.3. The van der Waals surface area contributed by atoms with Gasteiger partial charge in [-0.3, -0.25) is 9.59 Å². The first-order valence-electron chi connectivity index (χ1n) is 9.56. The molecule has 3 N–H and O–H groups in total. The second-order valence-electron chi connectivity index (χ2n) is 7.31. The summed E-state index contributed by atoms with van der Waals surface area (Å²) in [6, 6.07) is 11.2. The normalized spacial score (nSPS) is 14.6. The van der Waals surface area contributed by atoms with E-state index < -0.39 is 15.9 Å². The quantitative estimate of drug-likeness (QED) is 0.672. The van der Waals surface area contributed by atoms with E-state index in [1.807, 2.05) is 13.0 Å². The lowest BCUT2D eigenvalue weighted by Gasteiger charge is -2.14. The van der Waals surface area contributed by atoms with Crippen molar-refractivity contribution in [1.82, 2.24) is 4.72 Å². The third-order valence-corrected chi connectivity index (χ3v) is 6.34. The lowest BCUT2D eigenvalue weighted by molar-refractivity contribution is -0.114. The van der Waals surface area contributed by atoms with Gasteiger partial charge in [0.1, 0.15) is 0 Å². The number of hydrogen-bond acceptors (Lipinski definition) is 4. The van der Waals surface area contributed by atoms with E-state index in [2.05, 4.69) is 15.4 Å². The van der Waals surface area contributed by atoms with Gasteiger partial charge in [0, 0.05) is 18.5 Å². The molecule has 0 radical (unpaired) electrons. The molecule has 7 nitrogen and oxygen atoms in total. The summed E-state index contributed by atoms with van der Waals surface area (Å²) in [6.45, 7) is 3.26. The van der Waals surface area contributed by atoms with Gasteiger partial charge in [-0.25, -0.2) is 13.1 Å². The highest BCUT2D eigenvalue weighted by molar-refractivity contribution is 7.89. The van der Waals surface area contributed by atoms with Crippen molar-refractivity contribution in [1.29, 1.82) is 0 Å². The number of sulfonamides is 1. The number of carbonyl (C=O) groups excluding carboxylic acids is 2. The van der Waals surface area contributed by atoms with Crippen molar-refractivity contribution >= 4 is 33.2 Å². The summed E-state index contributed by atoms with van der Waals surface area (Å²) in [4.78, 5) is 24.2. The minimum Gasteiger partial charge on any atom is -0.325 e. The summed E-state index contributed by atoms with van der Waals surface area (Å²) in [5, 5.41) is 5.43. The van der Waals surface area contributed by atoms with Crippen LogP contribution in [0, 0.1) is 6.92 Å². The van der Waals surface area contributed by atoms with E-state index in [9.17, 15) is 18.0 Å². The summed E-state index contributed by atoms with van der Waals surface area (Å²) in [5.74, 6) is -0.712. The number of aryl methyl sites for hydroxylation is 1. The Bertz CT molecular complexity index is 1030. The van der Waals surface area contributed by atoms with Crippen LogP contribution < -0.4 is 15.4 Å². The predicted molar refractivity (Wildman–Crippen MR) is 112 cm³/mol. The van der Waals surface area contributed by atoms with Gasteiger partial charge in [-0.15, -0.1) is 0 Å². The van der Waals surface area contributed by atoms with Crippen LogP contribution in [0.3, 0.4) is 0 Å². The third kappa shape index (κ3) is 5.42. The Kier molecular flexibility index (Phi) is 6.34. The van der Waals surface area contributed by atoms with E-state index in [1.54, 1.807) is 24.3 Å². The lowest BCUT2D eigenvalue weighted by atomic mass is 10.1. The summed E-state index contributed by atoms with van der Waals surface area (Å²) in [7, 11) is -3.69. The Hall–Kier alpha value is -2.71. The number of anilines is 2. The molecule has 0 aromatic heterocycles. The highest BCUT2D eigenvalue weighted by atomic mass is 32.2. The van der Waals surface area contributed by atoms with Crippen LogP contribution in [0.25, 0.3) is 0 Å². The Labute approximate surface area is 171 Å². The molecule has 8 heteroatoms. The van der Waals surface area contributed by atoms with Gasteiger partial charge in [-0.05, 0) is 55.7 Å². The summed E-state index contributed by atoms with van der Waals surface area (Å²) in [5.41, 5.74) is 2.05. The van der Waals surface area contributed by atoms with Crippen molar-refractivity contribution in [2.75, 3.05) is 10.6 Å². The Morgan fingerprint density at radius 1 is 0.966 bits per heavy atom. The molecule has 0 atom stereocenters. The van der Waals surface area contributed by atoms with Crippen LogP contribution in [0.4, 0.5) is 11.4 Å². The zero-order chi connectivity index (χ0) is 21.0. The first-order valence-corrected chi connectivity index (χ1v) is 11.0. The van der Waals surface area contributed by atoms with Crippen LogP contribution in [0.1, 0.15) is 48.5 Å². The number of rotatable bonds is 6. The van der Waals surface area contributed by atoms with Crippen LogP contribution in [-0.2, 0) is 14.8 Å². The van der Waals surface area contributed by atoms with Gasteiger partial charge >= 0.3 is 0 Å². The maximum atomic E-state index is 12.7. The van der Waals surface area contributed by atoms with Gasteiger partial charge in [-0.2, -0.15) is 0 Å². The molecule has 1 fully saturated rings. The highest BCUT2D eigenvalue weighted by Crippen LogP contribution is 2.25. The number of amides is 2. The fourth-order valence-corrected chi connectivity index (χ4v) is 4.74. The van der Waals surface area contributed by atoms with Gasteiger partial charge in [0.2, 0.25) is 15.9 Å². The van der Waals surface area contributed by atoms with E-state index in [1.165, 1.54) is 19.1 Å². The van der Waals surface area contributed by atoms with Crippen LogP contribution in [0.15, 0.2) is 47.4 Å². The molecule has 0 bridgehead atoms. The number of carbonyl (C=O) groups is 2. The molecule has 0 spiro atoms. The fourth-order valence-electron chi connectivity index (χ4n) is 3.39. The van der Waals surface area contributed by atoms with Crippen LogP contribution in [0.2, 0.25) is 0 Å². The molecule has 0 unspecified atom stereocenters. The SMILES string of the molecule is CC(=O)Nc1ccc(C)cc1NC(=O)c1cccc(S(=O)(=O)NC2CCCC2)c1. The molecular weight excluding hydrogens is 390 g/mol. The summed E-state index contributed by atoms with van der Waals surface area (Å²) in [6.07, 6.45) is 3.70. The third-order valence-electron chi connectivity index (χ3n) is 4.82. The number of nitrogens with one attached hydrogen (secondary N) is 3. The molecule has 1 aliphatic rings. The minimum atomic E-state index is -3.69. The number of benzene rings is 2. The van der Waals surface area contributed by atoms with Gasteiger partial charge in [-0.1, -0.05) is 25.0 Å². The molecule has 0 saturated heterocycles. The molecule has 154 valence electrons. The smallest absolute Gasteiger partial charge is 0.255 e. The van der Waals surface area contributed by atoms with Crippen molar-refractivity contribution in [3.63, 3.8) is 0 Å². The fraction of sp³-hybridized carbons (Fsp3) is 0.333. The van der Waals surface area contributed by atoms with Crippen molar-refractivity contribution in [2.45, 2.75) is 50.5 Å². The molecule has 1 saturated carbocycles. The predicted octanol–water partition coefficient (Wildman–Crippen LogP) is 3.43. The Morgan fingerprint density at radius 3 is 2.38 bits per heavy atom. The highest BCUT2D eigenvalue weighted by Gasteiger charge is 2.23. The van der Waals surface area contributed by atoms with Crippen molar-refractivity contribution in [3.8, 4) is 0 Å². The molecular formula is C21H25N3O4S. The standard InChI is InChI=1S/C21H25N3O4S/c1-14-10-11-19(22-15(2)25)20(12-14)23-21(26)16-6-5-9-18(13-16)29(27,28)24-17-7-3-4-8-17/h5-6,9-13,17,24H,3-4,7-8H2,1-2H3,(H,22,25)(H,23,26). The second kappa shape index (κ2) is 8.75. The maximum absolute atomic E-state index is 12.7. The molecule has 0 heterocycles. The Balaban J connectivity index is 1.81. The molecule has 0 aliphatic heterocycles. The topological polar surface area (TPSA) is 104 Å². The Morgan fingerprint density at radius 2 is 1.69 bits per heavy atom. The van der Waals surface area contributed by atoms with Crippen molar-refractivity contribution < 1.29 is 18.0 Å². The van der Waals surface area contributed by atoms with Crippen LogP contribution >= 0.6 is 0 Å². The molecule has 3 rings (SSSR count). The molecule has 2 amide bonds. The number of hydrogen-bond donors (Lipinski definition) is 3. The minimum absolute atomic E-state index is 0.0509. The van der Waals surface area contributed by atoms with Gasteiger partial charge < -0.3 is 10.6 Å². The molecule has 2 aromatic carbocycles. The van der Waals surface area contributed by atoms with E-state index in [-0.39, 0.29) is 22.4 Å². The van der Waals surface area contributed by atoms with E-state index in [0.29, 0.717) is 11.4 Å². The molecule has 29 heavy (non-hydrogen) atoms. The lowest BCUT2D eigenvalue weighted by Crippen LogP contribution is -2.32. The molecule has 1 aliphatic carbocycles. The van der Waals surface area contributed by atoms with Crippen LogP contribution in [0.5, 0.6) is 0 Å². The zero-order valence-electron chi connectivity index (χ0n) is 16.5. The van der Waals surface area contributed by atoms with Gasteiger partial charge in [0.05, 0.1) is 16.3 Å². The summed E-state index contributed by atoms with van der Waals surface area (Å²) < 4.78 is 28.0. The van der Waals surface area contributed by atoms with Crippen LogP contribution in [-0.4, -0.2) is 26.3 Å². The monoisotopic (exact) mass is 415 g/mol. The van der Waals surface area contributed by atoms with E-state index in [4.69, 9.17) is 0 Å². The van der Waals surface area contributed by atoms with Crippen molar-refractivity contribution in [3.05, 3.63) is 53.6 Å². The first kappa shape index (κ1) is 21.0. The largest absolute Gasteiger partial charge is 0.325 e. The van der Waals surface area contributed by atoms with E-state index >= 15 is 0 Å². The van der Waals surface area contributed by atoms with Crippen molar-refractivity contribution in [2.24, 2.45) is 0 Å². The van der Waals surface area contributed by atoms with E-state index in [0.717, 1.165) is 31.2 Å².